The lowest BCUT2D eigenvalue weighted by Gasteiger charge is -2.12. The Kier molecular flexibility index (Phi) is 6.88. The molecule has 0 unspecified atom stereocenters. The summed E-state index contributed by atoms with van der Waals surface area (Å²) in [6.07, 6.45) is -9.80. The van der Waals surface area contributed by atoms with Crippen molar-refractivity contribution < 1.29 is 40.3 Å². The van der Waals surface area contributed by atoms with Crippen LogP contribution in [0.2, 0.25) is 0 Å². The standard InChI is InChI=1S/C27H13F7N6O2S2/c28-12-5-3-11(4-6-12)13-8-17(26(29,30)31)37-25-20(13)21(22(44-25)23(35)41)38-24(42)15-10-19-36-14(16-2-1-7-43-16)9-18(27(32,33)34)40(19)39-15/h1-10H,(H2,35,41)(H,38,42). The highest BCUT2D eigenvalue weighted by Crippen LogP contribution is 2.44. The Morgan fingerprint density at radius 1 is 0.932 bits per heavy atom. The number of aromatic nitrogens is 4. The zero-order valence-electron chi connectivity index (χ0n) is 21.4. The number of halogens is 7. The number of anilines is 1. The van der Waals surface area contributed by atoms with Gasteiger partial charge in [0.15, 0.2) is 17.0 Å². The van der Waals surface area contributed by atoms with Gasteiger partial charge in [0.2, 0.25) is 0 Å². The monoisotopic (exact) mass is 650 g/mol. The van der Waals surface area contributed by atoms with Crippen LogP contribution in [0.4, 0.5) is 36.4 Å². The number of pyridine rings is 1. The molecule has 5 aromatic heterocycles. The van der Waals surface area contributed by atoms with Crippen LogP contribution in [-0.2, 0) is 12.4 Å². The lowest BCUT2D eigenvalue weighted by Crippen LogP contribution is -2.18. The van der Waals surface area contributed by atoms with Crippen LogP contribution >= 0.6 is 22.7 Å². The predicted molar refractivity (Wildman–Crippen MR) is 148 cm³/mol. The van der Waals surface area contributed by atoms with Crippen molar-refractivity contribution in [1.82, 2.24) is 19.6 Å². The predicted octanol–water partition coefficient (Wildman–Crippen LogP) is 7.26. The molecule has 0 saturated heterocycles. The molecule has 0 bridgehead atoms. The fourth-order valence-electron chi connectivity index (χ4n) is 4.41. The first-order chi connectivity index (χ1) is 20.7. The maximum absolute atomic E-state index is 14.0. The van der Waals surface area contributed by atoms with E-state index in [0.717, 1.165) is 35.6 Å². The number of amides is 2. The zero-order valence-corrected chi connectivity index (χ0v) is 23.1. The molecule has 3 N–H and O–H groups in total. The van der Waals surface area contributed by atoms with Crippen LogP contribution < -0.4 is 11.1 Å². The van der Waals surface area contributed by atoms with E-state index in [1.165, 1.54) is 12.1 Å². The van der Waals surface area contributed by atoms with E-state index in [9.17, 15) is 40.3 Å². The quantitative estimate of drug-likeness (QED) is 0.191. The Morgan fingerprint density at radius 3 is 2.27 bits per heavy atom. The summed E-state index contributed by atoms with van der Waals surface area (Å²) >= 11 is 1.61. The molecule has 6 aromatic rings. The minimum Gasteiger partial charge on any atom is -0.365 e. The first-order valence-corrected chi connectivity index (χ1v) is 13.8. The maximum atomic E-state index is 14.0. The molecule has 0 atom stereocenters. The molecular weight excluding hydrogens is 637 g/mol. The Bertz CT molecular complexity index is 2080. The van der Waals surface area contributed by atoms with Gasteiger partial charge >= 0.3 is 12.4 Å². The number of thiophene rings is 2. The summed E-state index contributed by atoms with van der Waals surface area (Å²) < 4.78 is 97.2. The maximum Gasteiger partial charge on any atom is 0.433 e. The molecule has 5 heterocycles. The number of benzene rings is 1. The van der Waals surface area contributed by atoms with Gasteiger partial charge in [-0.1, -0.05) is 18.2 Å². The number of alkyl halides is 6. The molecule has 0 fully saturated rings. The first kappa shape index (κ1) is 29.2. The minimum absolute atomic E-state index is 0.0120. The van der Waals surface area contributed by atoms with E-state index in [-0.39, 0.29) is 43.2 Å². The third kappa shape index (κ3) is 5.24. The Morgan fingerprint density at radius 2 is 1.66 bits per heavy atom. The summed E-state index contributed by atoms with van der Waals surface area (Å²) in [5.74, 6) is -2.92. The number of fused-ring (bicyclic) bond motifs is 2. The molecule has 0 spiro atoms. The van der Waals surface area contributed by atoms with Crippen molar-refractivity contribution in [3.63, 3.8) is 0 Å². The van der Waals surface area contributed by atoms with Gasteiger partial charge < -0.3 is 11.1 Å². The number of hydrogen-bond donors (Lipinski definition) is 2. The molecule has 8 nitrogen and oxygen atoms in total. The number of nitrogens with zero attached hydrogens (tertiary/aromatic N) is 4. The zero-order chi connectivity index (χ0) is 31.6. The molecule has 0 radical (unpaired) electrons. The number of rotatable bonds is 5. The second kappa shape index (κ2) is 10.4. The molecule has 0 saturated carbocycles. The lowest BCUT2D eigenvalue weighted by molar-refractivity contribution is -0.143. The van der Waals surface area contributed by atoms with Crippen LogP contribution in [0.25, 0.3) is 37.6 Å². The number of hydrogen-bond acceptors (Lipinski definition) is 7. The summed E-state index contributed by atoms with van der Waals surface area (Å²) in [5.41, 5.74) is 1.63. The van der Waals surface area contributed by atoms with Crippen molar-refractivity contribution in [2.45, 2.75) is 12.4 Å². The fraction of sp³-hybridized carbons (Fsp3) is 0.0741. The van der Waals surface area contributed by atoms with Gasteiger partial charge in [-0.25, -0.2) is 18.9 Å². The van der Waals surface area contributed by atoms with Crippen molar-refractivity contribution in [2.24, 2.45) is 5.73 Å². The number of nitrogens with one attached hydrogen (secondary N) is 1. The third-order valence-corrected chi connectivity index (χ3v) is 8.28. The average Bonchev–Trinajstić information content (AvgIpc) is 3.70. The van der Waals surface area contributed by atoms with Gasteiger partial charge in [-0.3, -0.25) is 9.59 Å². The second-order valence-corrected chi connectivity index (χ2v) is 11.1. The van der Waals surface area contributed by atoms with Crippen molar-refractivity contribution in [3.05, 3.63) is 87.8 Å². The van der Waals surface area contributed by atoms with Crippen LogP contribution in [0.5, 0.6) is 0 Å². The smallest absolute Gasteiger partial charge is 0.365 e. The number of carbonyl (C=O) groups is 2. The van der Waals surface area contributed by atoms with E-state index >= 15 is 0 Å². The summed E-state index contributed by atoms with van der Waals surface area (Å²) in [6, 6.07) is 10.0. The molecule has 2 amide bonds. The van der Waals surface area contributed by atoms with E-state index in [2.05, 4.69) is 20.4 Å². The third-order valence-electron chi connectivity index (χ3n) is 6.29. The summed E-state index contributed by atoms with van der Waals surface area (Å²) in [6.45, 7) is 0. The van der Waals surface area contributed by atoms with Crippen molar-refractivity contribution in [3.8, 4) is 21.7 Å². The Balaban J connectivity index is 1.51. The highest BCUT2D eigenvalue weighted by Gasteiger charge is 2.37. The highest BCUT2D eigenvalue weighted by atomic mass is 32.1. The minimum atomic E-state index is -4.91. The molecule has 0 aliphatic rings. The van der Waals surface area contributed by atoms with Crippen LogP contribution in [0.1, 0.15) is 31.5 Å². The summed E-state index contributed by atoms with van der Waals surface area (Å²) in [4.78, 5) is 33.3. The van der Waals surface area contributed by atoms with Gasteiger partial charge in [-0.2, -0.15) is 31.4 Å². The van der Waals surface area contributed by atoms with Gasteiger partial charge in [-0.05, 0) is 46.8 Å². The topological polar surface area (TPSA) is 115 Å². The van der Waals surface area contributed by atoms with Gasteiger partial charge in [0.25, 0.3) is 11.8 Å². The molecule has 44 heavy (non-hydrogen) atoms. The molecule has 224 valence electrons. The van der Waals surface area contributed by atoms with Crippen LogP contribution in [0.15, 0.2) is 60.0 Å². The van der Waals surface area contributed by atoms with E-state index in [0.29, 0.717) is 26.8 Å². The molecule has 1 aromatic carbocycles. The van der Waals surface area contributed by atoms with Gasteiger partial charge in [0.05, 0.1) is 16.3 Å². The van der Waals surface area contributed by atoms with Crippen LogP contribution in [-0.4, -0.2) is 31.4 Å². The number of primary amides is 1. The molecule has 17 heteroatoms. The van der Waals surface area contributed by atoms with Crippen LogP contribution in [0.3, 0.4) is 0 Å². The van der Waals surface area contributed by atoms with Gasteiger partial charge in [-0.15, -0.1) is 22.7 Å². The van der Waals surface area contributed by atoms with E-state index in [1.54, 1.807) is 17.5 Å². The lowest BCUT2D eigenvalue weighted by atomic mass is 10.0. The van der Waals surface area contributed by atoms with Crippen molar-refractivity contribution >= 4 is 56.0 Å². The molecule has 6 rings (SSSR count). The molecule has 0 aliphatic carbocycles. The van der Waals surface area contributed by atoms with Crippen molar-refractivity contribution in [2.75, 3.05) is 5.32 Å². The van der Waals surface area contributed by atoms with Crippen molar-refractivity contribution in [1.29, 1.82) is 0 Å². The SMILES string of the molecule is NC(=O)c1sc2nc(C(F)(F)F)cc(-c3ccc(F)cc3)c2c1NC(=O)c1cc2nc(-c3cccs3)cc(C(F)(F)F)n2n1. The van der Waals surface area contributed by atoms with E-state index in [1.807, 2.05) is 0 Å². The van der Waals surface area contributed by atoms with Crippen LogP contribution in [0, 0.1) is 5.82 Å². The normalized spacial score (nSPS) is 12.2. The van der Waals surface area contributed by atoms with Gasteiger partial charge in [0, 0.05) is 11.5 Å². The first-order valence-electron chi connectivity index (χ1n) is 12.1. The largest absolute Gasteiger partial charge is 0.433 e. The highest BCUT2D eigenvalue weighted by molar-refractivity contribution is 7.21. The Labute approximate surface area is 248 Å². The second-order valence-electron chi connectivity index (χ2n) is 9.17. The number of nitrogens with two attached hydrogens (primary N) is 1. The van der Waals surface area contributed by atoms with E-state index < -0.39 is 47.1 Å². The number of carbonyl (C=O) groups excluding carboxylic acids is 2. The molecule has 0 aliphatic heterocycles. The fourth-order valence-corrected chi connectivity index (χ4v) is 6.10. The molecular formula is C27H13F7N6O2S2. The summed E-state index contributed by atoms with van der Waals surface area (Å²) in [5, 5.41) is 7.67. The Hall–Kier alpha value is -4.90. The van der Waals surface area contributed by atoms with Gasteiger partial charge in [0.1, 0.15) is 21.2 Å². The summed E-state index contributed by atoms with van der Waals surface area (Å²) in [7, 11) is 0. The van der Waals surface area contributed by atoms with E-state index in [4.69, 9.17) is 5.73 Å². The average molecular weight is 651 g/mol.